The van der Waals surface area contributed by atoms with E-state index in [1.165, 1.54) is 0 Å². The lowest BCUT2D eigenvalue weighted by molar-refractivity contribution is -0.192. The van der Waals surface area contributed by atoms with Crippen LogP contribution in [0.4, 0.5) is 13.2 Å². The lowest BCUT2D eigenvalue weighted by Gasteiger charge is -2.27. The molecule has 0 bridgehead atoms. The monoisotopic (exact) mass is 490 g/mol. The number of alkyl halides is 3. The minimum Gasteiger partial charge on any atom is -0.475 e. The number of rotatable bonds is 3. The number of hydrogen-bond acceptors (Lipinski definition) is 5. The summed E-state index contributed by atoms with van der Waals surface area (Å²) < 4.78 is 37.8. The van der Waals surface area contributed by atoms with Crippen molar-refractivity contribution < 1.29 is 32.3 Å². The quantitative estimate of drug-likeness (QED) is 0.512. The first kappa shape index (κ1) is 24.5. The Morgan fingerprint density at radius 2 is 1.94 bits per heavy atom. The number of furan rings is 1. The molecule has 1 fully saturated rings. The van der Waals surface area contributed by atoms with Gasteiger partial charge < -0.3 is 19.7 Å². The molecule has 3 aromatic rings. The minimum absolute atomic E-state index is 0.0335. The molecule has 0 spiro atoms. The number of amides is 1. The zero-order valence-corrected chi connectivity index (χ0v) is 18.8. The van der Waals surface area contributed by atoms with Crippen molar-refractivity contribution in [2.75, 3.05) is 19.6 Å². The highest BCUT2D eigenvalue weighted by molar-refractivity contribution is 5.94. The van der Waals surface area contributed by atoms with E-state index in [1.807, 2.05) is 41.4 Å². The number of carbonyl (C=O) groups is 2. The van der Waals surface area contributed by atoms with Crippen molar-refractivity contribution in [1.82, 2.24) is 20.4 Å². The van der Waals surface area contributed by atoms with Crippen LogP contribution < -0.4 is 5.32 Å². The molecule has 186 valence electrons. The van der Waals surface area contributed by atoms with E-state index in [2.05, 4.69) is 21.6 Å². The van der Waals surface area contributed by atoms with Crippen LogP contribution in [0.15, 0.2) is 47.0 Å². The summed E-state index contributed by atoms with van der Waals surface area (Å²) in [5.74, 6) is -0.510. The lowest BCUT2D eigenvalue weighted by Crippen LogP contribution is -2.37. The molecule has 0 radical (unpaired) electrons. The largest absolute Gasteiger partial charge is 0.490 e. The fraction of sp³-hybridized carbons (Fsp3) is 0.375. The summed E-state index contributed by atoms with van der Waals surface area (Å²) in [6.45, 7) is 3.20. The number of nitrogens with one attached hydrogen (secondary N) is 2. The number of halogens is 3. The number of carboxylic acids is 1. The molecule has 0 saturated carbocycles. The zero-order chi connectivity index (χ0) is 25.0. The summed E-state index contributed by atoms with van der Waals surface area (Å²) in [5.41, 5.74) is 3.85. The second kappa shape index (κ2) is 10.3. The first-order chi connectivity index (χ1) is 16.7. The molecule has 1 amide bonds. The average molecular weight is 490 g/mol. The predicted octanol–water partition coefficient (Wildman–Crippen LogP) is 3.97. The highest BCUT2D eigenvalue weighted by Gasteiger charge is 2.38. The molecule has 35 heavy (non-hydrogen) atoms. The Labute approximate surface area is 199 Å². The van der Waals surface area contributed by atoms with E-state index in [0.717, 1.165) is 60.6 Å². The van der Waals surface area contributed by atoms with Crippen molar-refractivity contribution in [2.24, 2.45) is 0 Å². The van der Waals surface area contributed by atoms with Crippen LogP contribution in [0.3, 0.4) is 0 Å². The van der Waals surface area contributed by atoms with Crippen LogP contribution in [0.5, 0.6) is 0 Å². The maximum Gasteiger partial charge on any atom is 0.490 e. The predicted molar refractivity (Wildman–Crippen MR) is 120 cm³/mol. The molecule has 1 unspecified atom stereocenters. The van der Waals surface area contributed by atoms with Gasteiger partial charge in [0.1, 0.15) is 17.2 Å². The molecule has 3 N–H and O–H groups in total. The van der Waals surface area contributed by atoms with E-state index in [-0.39, 0.29) is 5.91 Å². The van der Waals surface area contributed by atoms with Gasteiger partial charge in [0.2, 0.25) is 0 Å². The average Bonchev–Trinajstić information content (AvgIpc) is 3.51. The SMILES string of the molecule is O=C(O)C(F)(F)F.O=C(c1[nH]ncc1C1CCCNC1)N1CCc2oc(-c3ccccc3)cc2C1. The van der Waals surface area contributed by atoms with E-state index >= 15 is 0 Å². The molecule has 8 nitrogen and oxygen atoms in total. The minimum atomic E-state index is -5.08. The van der Waals surface area contributed by atoms with Crippen LogP contribution in [0.1, 0.15) is 46.1 Å². The van der Waals surface area contributed by atoms with E-state index in [4.69, 9.17) is 14.3 Å². The molecule has 1 atom stereocenters. The summed E-state index contributed by atoms with van der Waals surface area (Å²) in [6, 6.07) is 12.2. The summed E-state index contributed by atoms with van der Waals surface area (Å²) in [5, 5.41) is 17.7. The van der Waals surface area contributed by atoms with Gasteiger partial charge in [-0.3, -0.25) is 9.89 Å². The molecule has 2 aromatic heterocycles. The third kappa shape index (κ3) is 5.73. The number of carbonyl (C=O) groups excluding carboxylic acids is 1. The number of benzene rings is 1. The maximum absolute atomic E-state index is 13.2. The Kier molecular flexibility index (Phi) is 7.25. The van der Waals surface area contributed by atoms with Crippen molar-refractivity contribution >= 4 is 11.9 Å². The number of carboxylic acid groups (broad SMARTS) is 1. The first-order valence-corrected chi connectivity index (χ1v) is 11.2. The molecular weight excluding hydrogens is 465 g/mol. The molecule has 5 rings (SSSR count). The van der Waals surface area contributed by atoms with Gasteiger partial charge in [0.25, 0.3) is 5.91 Å². The van der Waals surface area contributed by atoms with Gasteiger partial charge in [0.15, 0.2) is 0 Å². The summed E-state index contributed by atoms with van der Waals surface area (Å²) in [6.07, 6.45) is -0.291. The lowest BCUT2D eigenvalue weighted by atomic mass is 9.91. The van der Waals surface area contributed by atoms with E-state index in [1.54, 1.807) is 0 Å². The Hall–Kier alpha value is -3.60. The Bertz CT molecular complexity index is 1170. The van der Waals surface area contributed by atoms with Gasteiger partial charge in [-0.2, -0.15) is 18.3 Å². The van der Waals surface area contributed by atoms with Crippen molar-refractivity contribution in [1.29, 1.82) is 0 Å². The van der Waals surface area contributed by atoms with Crippen molar-refractivity contribution in [3.05, 3.63) is 65.2 Å². The van der Waals surface area contributed by atoms with Crippen LogP contribution in [0, 0.1) is 0 Å². The van der Waals surface area contributed by atoms with Gasteiger partial charge in [-0.15, -0.1) is 0 Å². The fourth-order valence-corrected chi connectivity index (χ4v) is 4.30. The van der Waals surface area contributed by atoms with E-state index < -0.39 is 12.1 Å². The Morgan fingerprint density at radius 3 is 2.60 bits per heavy atom. The molecule has 2 aliphatic heterocycles. The van der Waals surface area contributed by atoms with Gasteiger partial charge in [0.05, 0.1) is 6.20 Å². The number of aromatic nitrogens is 2. The highest BCUT2D eigenvalue weighted by atomic mass is 19.4. The third-order valence-corrected chi connectivity index (χ3v) is 6.07. The van der Waals surface area contributed by atoms with Crippen molar-refractivity contribution in [2.45, 2.75) is 37.9 Å². The van der Waals surface area contributed by atoms with Gasteiger partial charge in [-0.05, 0) is 25.5 Å². The van der Waals surface area contributed by atoms with E-state index in [9.17, 15) is 18.0 Å². The third-order valence-electron chi connectivity index (χ3n) is 6.07. The number of H-pyrrole nitrogens is 1. The topological polar surface area (TPSA) is 111 Å². The molecule has 1 aromatic carbocycles. The maximum atomic E-state index is 13.2. The standard InChI is InChI=1S/C22H24N4O2.C2HF3O2/c27-22(21-18(13-24-25-21)16-7-4-9-23-12-16)26-10-8-19-17(14-26)11-20(28-19)15-5-2-1-3-6-15;3-2(4,5)1(6)7/h1-3,5-6,11,13,16,23H,4,7-10,12,14H2,(H,24,25);(H,6,7). The number of aliphatic carboxylic acids is 1. The summed E-state index contributed by atoms with van der Waals surface area (Å²) in [7, 11) is 0. The Balaban J connectivity index is 0.000000364. The number of hydrogen-bond donors (Lipinski definition) is 3. The van der Waals surface area contributed by atoms with Crippen LogP contribution in [-0.4, -0.2) is 57.9 Å². The van der Waals surface area contributed by atoms with Crippen LogP contribution in [0.2, 0.25) is 0 Å². The number of piperidine rings is 1. The summed E-state index contributed by atoms with van der Waals surface area (Å²) >= 11 is 0. The number of aromatic amines is 1. The zero-order valence-electron chi connectivity index (χ0n) is 18.8. The molecule has 4 heterocycles. The van der Waals surface area contributed by atoms with Gasteiger partial charge in [-0.1, -0.05) is 30.3 Å². The number of fused-ring (bicyclic) bond motifs is 1. The smallest absolute Gasteiger partial charge is 0.475 e. The molecule has 0 aliphatic carbocycles. The Morgan fingerprint density at radius 1 is 1.20 bits per heavy atom. The van der Waals surface area contributed by atoms with Gasteiger partial charge in [0, 0.05) is 48.7 Å². The van der Waals surface area contributed by atoms with E-state index in [0.29, 0.717) is 24.7 Å². The first-order valence-electron chi connectivity index (χ1n) is 11.2. The van der Waals surface area contributed by atoms with Crippen LogP contribution in [-0.2, 0) is 17.8 Å². The fourth-order valence-electron chi connectivity index (χ4n) is 4.30. The second-order valence-corrected chi connectivity index (χ2v) is 8.45. The normalized spacial score (nSPS) is 17.8. The highest BCUT2D eigenvalue weighted by Crippen LogP contribution is 2.31. The van der Waals surface area contributed by atoms with Crippen molar-refractivity contribution in [3.8, 4) is 11.3 Å². The van der Waals surface area contributed by atoms with Crippen LogP contribution >= 0.6 is 0 Å². The molecule has 2 aliphatic rings. The second-order valence-electron chi connectivity index (χ2n) is 8.45. The molecular formula is C24H25F3N4O4. The van der Waals surface area contributed by atoms with Crippen LogP contribution in [0.25, 0.3) is 11.3 Å². The number of nitrogens with zero attached hydrogens (tertiary/aromatic N) is 2. The van der Waals surface area contributed by atoms with Crippen molar-refractivity contribution in [3.63, 3.8) is 0 Å². The molecule has 1 saturated heterocycles. The summed E-state index contributed by atoms with van der Waals surface area (Å²) in [4.78, 5) is 24.0. The van der Waals surface area contributed by atoms with Gasteiger partial charge in [-0.25, -0.2) is 4.79 Å². The van der Waals surface area contributed by atoms with Gasteiger partial charge >= 0.3 is 12.1 Å². The molecule has 11 heteroatoms.